The summed E-state index contributed by atoms with van der Waals surface area (Å²) in [6.45, 7) is 0.0720. The third-order valence-corrected chi connectivity index (χ3v) is 2.74. The van der Waals surface area contributed by atoms with E-state index in [-0.39, 0.29) is 25.5 Å². The first-order chi connectivity index (χ1) is 8.49. The Morgan fingerprint density at radius 3 is 2.78 bits per heavy atom. The summed E-state index contributed by atoms with van der Waals surface area (Å²) in [5, 5.41) is 8.51. The van der Waals surface area contributed by atoms with Gasteiger partial charge in [-0.1, -0.05) is 22.0 Å². The van der Waals surface area contributed by atoms with Gasteiger partial charge in [0.2, 0.25) is 0 Å². The van der Waals surface area contributed by atoms with E-state index in [0.717, 1.165) is 4.47 Å². The van der Waals surface area contributed by atoms with Crippen molar-refractivity contribution in [1.29, 1.82) is 0 Å². The standard InChI is InChI=1S/C12H14BrNO4/c1-14(6-5-12(16)17)11(15)8-18-10-4-2-3-9(13)7-10/h2-4,7H,5-6,8H2,1H3,(H,16,17). The zero-order valence-corrected chi connectivity index (χ0v) is 11.5. The van der Waals surface area contributed by atoms with Crippen LogP contribution in [0.1, 0.15) is 6.42 Å². The van der Waals surface area contributed by atoms with Gasteiger partial charge >= 0.3 is 5.97 Å². The number of carboxylic acid groups (broad SMARTS) is 1. The summed E-state index contributed by atoms with van der Waals surface area (Å²) >= 11 is 3.30. The van der Waals surface area contributed by atoms with E-state index < -0.39 is 5.97 Å². The molecule has 0 saturated carbocycles. The Morgan fingerprint density at radius 1 is 1.44 bits per heavy atom. The van der Waals surface area contributed by atoms with Crippen molar-refractivity contribution in [2.45, 2.75) is 6.42 Å². The molecule has 1 amide bonds. The molecular weight excluding hydrogens is 302 g/mol. The number of hydrogen-bond donors (Lipinski definition) is 1. The molecule has 0 aromatic heterocycles. The fourth-order valence-electron chi connectivity index (χ4n) is 1.20. The molecule has 0 radical (unpaired) electrons. The minimum Gasteiger partial charge on any atom is -0.484 e. The van der Waals surface area contributed by atoms with Crippen molar-refractivity contribution in [3.05, 3.63) is 28.7 Å². The number of carbonyl (C=O) groups excluding carboxylic acids is 1. The second-order valence-electron chi connectivity index (χ2n) is 3.71. The molecule has 1 aromatic rings. The van der Waals surface area contributed by atoms with Gasteiger partial charge in [-0.05, 0) is 18.2 Å². The van der Waals surface area contributed by atoms with E-state index in [9.17, 15) is 9.59 Å². The highest BCUT2D eigenvalue weighted by Crippen LogP contribution is 2.17. The van der Waals surface area contributed by atoms with Crippen LogP contribution in [0.4, 0.5) is 0 Å². The van der Waals surface area contributed by atoms with Crippen molar-refractivity contribution in [3.8, 4) is 5.75 Å². The number of aliphatic carboxylic acids is 1. The van der Waals surface area contributed by atoms with Crippen molar-refractivity contribution >= 4 is 27.8 Å². The number of likely N-dealkylation sites (N-methyl/N-ethyl adjacent to an activating group) is 1. The minimum absolute atomic E-state index is 0.0703. The topological polar surface area (TPSA) is 66.8 Å². The molecule has 0 aliphatic heterocycles. The highest BCUT2D eigenvalue weighted by atomic mass is 79.9. The molecule has 0 aliphatic carbocycles. The number of amides is 1. The molecule has 98 valence electrons. The molecule has 1 N–H and O–H groups in total. The van der Waals surface area contributed by atoms with Gasteiger partial charge < -0.3 is 14.7 Å². The number of carboxylic acids is 1. The van der Waals surface area contributed by atoms with Crippen LogP contribution in [0.25, 0.3) is 0 Å². The van der Waals surface area contributed by atoms with Crippen LogP contribution in [0.3, 0.4) is 0 Å². The number of ether oxygens (including phenoxy) is 1. The SMILES string of the molecule is CN(CCC(=O)O)C(=O)COc1cccc(Br)c1. The van der Waals surface area contributed by atoms with E-state index in [0.29, 0.717) is 5.75 Å². The van der Waals surface area contributed by atoms with Crippen molar-refractivity contribution in [1.82, 2.24) is 4.90 Å². The van der Waals surface area contributed by atoms with Gasteiger partial charge in [-0.15, -0.1) is 0 Å². The summed E-state index contributed by atoms with van der Waals surface area (Å²) < 4.78 is 6.18. The Balaban J connectivity index is 2.38. The summed E-state index contributed by atoms with van der Waals surface area (Å²) in [7, 11) is 1.55. The maximum atomic E-state index is 11.6. The number of nitrogens with zero attached hydrogens (tertiary/aromatic N) is 1. The predicted octanol–water partition coefficient (Wildman–Crippen LogP) is 1.76. The molecule has 0 saturated heterocycles. The van der Waals surface area contributed by atoms with Crippen LogP contribution in [-0.2, 0) is 9.59 Å². The second-order valence-corrected chi connectivity index (χ2v) is 4.62. The highest BCUT2D eigenvalue weighted by Gasteiger charge is 2.10. The maximum absolute atomic E-state index is 11.6. The van der Waals surface area contributed by atoms with E-state index in [4.69, 9.17) is 9.84 Å². The predicted molar refractivity (Wildman–Crippen MR) is 69.5 cm³/mol. The lowest BCUT2D eigenvalue weighted by Gasteiger charge is -2.16. The lowest BCUT2D eigenvalue weighted by Crippen LogP contribution is -2.33. The van der Waals surface area contributed by atoms with Crippen molar-refractivity contribution in [2.75, 3.05) is 20.2 Å². The van der Waals surface area contributed by atoms with Crippen molar-refractivity contribution in [2.24, 2.45) is 0 Å². The summed E-state index contributed by atoms with van der Waals surface area (Å²) in [6.07, 6.45) is -0.0703. The molecule has 6 heteroatoms. The first kappa shape index (κ1) is 14.5. The van der Waals surface area contributed by atoms with Gasteiger partial charge in [0.25, 0.3) is 5.91 Å². The fourth-order valence-corrected chi connectivity index (χ4v) is 1.58. The van der Waals surface area contributed by atoms with Crippen LogP contribution in [0.5, 0.6) is 5.75 Å². The van der Waals surface area contributed by atoms with Gasteiger partial charge in [0.05, 0.1) is 6.42 Å². The first-order valence-electron chi connectivity index (χ1n) is 5.33. The molecular formula is C12H14BrNO4. The van der Waals surface area contributed by atoms with E-state index in [1.807, 2.05) is 6.07 Å². The van der Waals surface area contributed by atoms with Crippen molar-refractivity contribution in [3.63, 3.8) is 0 Å². The smallest absolute Gasteiger partial charge is 0.305 e. The highest BCUT2D eigenvalue weighted by molar-refractivity contribution is 9.10. The van der Waals surface area contributed by atoms with Crippen LogP contribution in [-0.4, -0.2) is 42.1 Å². The zero-order valence-electron chi connectivity index (χ0n) is 9.93. The third-order valence-electron chi connectivity index (χ3n) is 2.25. The van der Waals surface area contributed by atoms with Gasteiger partial charge in [0.15, 0.2) is 6.61 Å². The number of benzene rings is 1. The lowest BCUT2D eigenvalue weighted by molar-refractivity contribution is -0.138. The first-order valence-corrected chi connectivity index (χ1v) is 6.12. The minimum atomic E-state index is -0.928. The van der Waals surface area contributed by atoms with E-state index in [2.05, 4.69) is 15.9 Å². The van der Waals surface area contributed by atoms with Crippen LogP contribution in [0.2, 0.25) is 0 Å². The van der Waals surface area contributed by atoms with Crippen LogP contribution >= 0.6 is 15.9 Å². The van der Waals surface area contributed by atoms with Crippen LogP contribution in [0, 0.1) is 0 Å². The van der Waals surface area contributed by atoms with E-state index in [1.54, 1.807) is 25.2 Å². The average Bonchev–Trinajstić information content (AvgIpc) is 2.33. The molecule has 0 atom stereocenters. The monoisotopic (exact) mass is 315 g/mol. The van der Waals surface area contributed by atoms with E-state index >= 15 is 0 Å². The summed E-state index contributed by atoms with van der Waals surface area (Å²) in [5.41, 5.74) is 0. The molecule has 0 bridgehead atoms. The fraction of sp³-hybridized carbons (Fsp3) is 0.333. The Kier molecular flexibility index (Phi) is 5.64. The molecule has 1 aromatic carbocycles. The Bertz CT molecular complexity index is 436. The van der Waals surface area contributed by atoms with E-state index in [1.165, 1.54) is 4.90 Å². The molecule has 0 fully saturated rings. The molecule has 0 heterocycles. The maximum Gasteiger partial charge on any atom is 0.305 e. The van der Waals surface area contributed by atoms with Crippen LogP contribution in [0.15, 0.2) is 28.7 Å². The number of carbonyl (C=O) groups is 2. The molecule has 0 unspecified atom stereocenters. The van der Waals surface area contributed by atoms with Gasteiger partial charge in [-0.2, -0.15) is 0 Å². The normalized spacial score (nSPS) is 9.89. The molecule has 5 nitrogen and oxygen atoms in total. The molecule has 1 rings (SSSR count). The number of halogens is 1. The number of rotatable bonds is 6. The molecule has 0 spiro atoms. The quantitative estimate of drug-likeness (QED) is 0.868. The average molecular weight is 316 g/mol. The molecule has 0 aliphatic rings. The third kappa shape index (κ3) is 5.18. The van der Waals surface area contributed by atoms with Crippen LogP contribution < -0.4 is 4.74 Å². The summed E-state index contributed by atoms with van der Waals surface area (Å²) in [5.74, 6) is -0.594. The Morgan fingerprint density at radius 2 is 2.17 bits per heavy atom. The Hall–Kier alpha value is -1.56. The van der Waals surface area contributed by atoms with Crippen molar-refractivity contribution < 1.29 is 19.4 Å². The summed E-state index contributed by atoms with van der Waals surface area (Å²) in [6, 6.07) is 7.16. The number of hydrogen-bond acceptors (Lipinski definition) is 3. The lowest BCUT2D eigenvalue weighted by atomic mass is 10.3. The second kappa shape index (κ2) is 7.00. The summed E-state index contributed by atoms with van der Waals surface area (Å²) in [4.78, 5) is 23.3. The molecule has 18 heavy (non-hydrogen) atoms. The van der Waals surface area contributed by atoms with Gasteiger partial charge in [-0.25, -0.2) is 0 Å². The zero-order chi connectivity index (χ0) is 13.5. The Labute approximate surface area is 113 Å². The van der Waals surface area contributed by atoms with Gasteiger partial charge in [0, 0.05) is 18.1 Å². The van der Waals surface area contributed by atoms with Gasteiger partial charge in [-0.3, -0.25) is 9.59 Å². The largest absolute Gasteiger partial charge is 0.484 e. The van der Waals surface area contributed by atoms with Gasteiger partial charge in [0.1, 0.15) is 5.75 Å².